The number of methoxy groups -OCH3 is 2. The molecule has 1 aliphatic carbocycles. The van der Waals surface area contributed by atoms with E-state index in [0.29, 0.717) is 17.2 Å². The van der Waals surface area contributed by atoms with Gasteiger partial charge in [-0.3, -0.25) is 9.59 Å². The molecule has 1 amide bonds. The highest BCUT2D eigenvalue weighted by Gasteiger charge is 2.52. The third kappa shape index (κ3) is 4.89. The van der Waals surface area contributed by atoms with E-state index >= 15 is 0 Å². The summed E-state index contributed by atoms with van der Waals surface area (Å²) >= 11 is 0. The predicted molar refractivity (Wildman–Crippen MR) is 154 cm³/mol. The largest absolute Gasteiger partial charge is 0.502 e. The normalized spacial score (nSPS) is 21.8. The van der Waals surface area contributed by atoms with Gasteiger partial charge in [-0.15, -0.1) is 0 Å². The van der Waals surface area contributed by atoms with Crippen LogP contribution in [0.15, 0.2) is 48.5 Å². The number of nitrogens with one attached hydrogen (secondary N) is 2. The lowest BCUT2D eigenvalue weighted by Gasteiger charge is -2.40. The Bertz CT molecular complexity index is 1500. The number of anilines is 2. The number of fused-ring (bicyclic) bond motifs is 3. The molecule has 42 heavy (non-hydrogen) atoms. The zero-order chi connectivity index (χ0) is 29.5. The Hall–Kier alpha value is -4.64. The van der Waals surface area contributed by atoms with Gasteiger partial charge >= 0.3 is 5.97 Å². The maximum atomic E-state index is 13.4. The molecule has 11 heteroatoms. The van der Waals surface area contributed by atoms with Gasteiger partial charge < -0.3 is 44.3 Å². The highest BCUT2D eigenvalue weighted by Crippen LogP contribution is 2.56. The first-order valence-electron chi connectivity index (χ1n) is 13.6. The fraction of sp³-hybridized carbons (Fsp3) is 0.355. The van der Waals surface area contributed by atoms with Crippen LogP contribution in [0.3, 0.4) is 0 Å². The predicted octanol–water partition coefficient (Wildman–Crippen LogP) is 3.73. The lowest BCUT2D eigenvalue weighted by Crippen LogP contribution is -2.37. The summed E-state index contributed by atoms with van der Waals surface area (Å²) < 4.78 is 28.0. The number of likely N-dealkylation sites (N-methyl/N-ethyl adjacent to an activating group) is 1. The van der Waals surface area contributed by atoms with E-state index < -0.39 is 11.8 Å². The molecule has 0 unspecified atom stereocenters. The molecular formula is C31H33N3O8. The molecule has 0 saturated carbocycles. The molecule has 6 rings (SSSR count). The van der Waals surface area contributed by atoms with Crippen molar-refractivity contribution < 1.29 is 38.4 Å². The van der Waals surface area contributed by atoms with E-state index in [1.165, 1.54) is 14.2 Å². The van der Waals surface area contributed by atoms with E-state index in [1.807, 2.05) is 50.5 Å². The van der Waals surface area contributed by atoms with Crippen LogP contribution in [0.5, 0.6) is 28.7 Å². The summed E-state index contributed by atoms with van der Waals surface area (Å²) in [4.78, 5) is 27.4. The average molecular weight is 576 g/mol. The van der Waals surface area contributed by atoms with Crippen LogP contribution < -0.4 is 29.6 Å². The van der Waals surface area contributed by atoms with Gasteiger partial charge in [0.05, 0.1) is 39.3 Å². The van der Waals surface area contributed by atoms with Crippen LogP contribution in [0.25, 0.3) is 0 Å². The molecule has 220 valence electrons. The third-order valence-corrected chi connectivity index (χ3v) is 8.00. The molecule has 3 N–H and O–H groups in total. The lowest BCUT2D eigenvalue weighted by atomic mass is 9.65. The molecule has 11 nitrogen and oxygen atoms in total. The molecule has 0 bridgehead atoms. The number of esters is 1. The Morgan fingerprint density at radius 1 is 0.952 bits per heavy atom. The Labute approximate surface area is 243 Å². The van der Waals surface area contributed by atoms with Crippen molar-refractivity contribution in [3.8, 4) is 28.7 Å². The Morgan fingerprint density at radius 3 is 2.19 bits per heavy atom. The number of phenols is 1. The SMILES string of the molecule is COc1cc([C@@H]2c3cc4c(cc3[C@@H](Nc3ccc(NC(=O)CN(C)C)cc3)[C@H]3COC(=O)[C@H]23)OCO4)cc(OC)c1O. The highest BCUT2D eigenvalue weighted by molar-refractivity contribution is 5.92. The first-order chi connectivity index (χ1) is 20.3. The van der Waals surface area contributed by atoms with Crippen molar-refractivity contribution in [2.75, 3.05) is 58.9 Å². The second-order valence-corrected chi connectivity index (χ2v) is 10.9. The number of carbonyl (C=O) groups is 2. The molecule has 3 aromatic rings. The number of carbonyl (C=O) groups excluding carboxylic acids is 2. The second-order valence-electron chi connectivity index (χ2n) is 10.9. The molecule has 4 atom stereocenters. The van der Waals surface area contributed by atoms with Crippen LogP contribution in [-0.2, 0) is 14.3 Å². The van der Waals surface area contributed by atoms with Gasteiger partial charge in [-0.05, 0) is 79.3 Å². The smallest absolute Gasteiger partial charge is 0.310 e. The van der Waals surface area contributed by atoms with E-state index in [-0.39, 0.29) is 61.0 Å². The fourth-order valence-electron chi connectivity index (χ4n) is 6.16. The van der Waals surface area contributed by atoms with Crippen molar-refractivity contribution in [2.45, 2.75) is 12.0 Å². The van der Waals surface area contributed by atoms with Gasteiger partial charge in [0, 0.05) is 23.2 Å². The monoisotopic (exact) mass is 575 g/mol. The molecule has 2 aliphatic heterocycles. The number of aromatic hydroxyl groups is 1. The number of cyclic esters (lactones) is 1. The summed E-state index contributed by atoms with van der Waals surface area (Å²) in [6.45, 7) is 0.625. The van der Waals surface area contributed by atoms with Crippen molar-refractivity contribution in [3.63, 3.8) is 0 Å². The topological polar surface area (TPSA) is 128 Å². The minimum Gasteiger partial charge on any atom is -0.502 e. The summed E-state index contributed by atoms with van der Waals surface area (Å²) in [6, 6.07) is 14.5. The van der Waals surface area contributed by atoms with Crippen LogP contribution in [0, 0.1) is 11.8 Å². The van der Waals surface area contributed by atoms with Crippen LogP contribution in [0.1, 0.15) is 28.7 Å². The molecule has 0 spiro atoms. The summed E-state index contributed by atoms with van der Waals surface area (Å²) in [6.07, 6.45) is 0. The van der Waals surface area contributed by atoms with E-state index in [2.05, 4.69) is 10.6 Å². The first kappa shape index (κ1) is 27.5. The third-order valence-electron chi connectivity index (χ3n) is 8.00. The Kier molecular flexibility index (Phi) is 7.19. The van der Waals surface area contributed by atoms with Gasteiger partial charge in [0.25, 0.3) is 0 Å². The van der Waals surface area contributed by atoms with Crippen molar-refractivity contribution in [1.29, 1.82) is 0 Å². The van der Waals surface area contributed by atoms with Gasteiger partial charge in [-0.2, -0.15) is 0 Å². The zero-order valence-electron chi connectivity index (χ0n) is 23.8. The average Bonchev–Trinajstić information content (AvgIpc) is 3.59. The minimum atomic E-state index is -0.529. The van der Waals surface area contributed by atoms with Gasteiger partial charge in [-0.1, -0.05) is 0 Å². The molecule has 0 radical (unpaired) electrons. The number of nitrogens with zero attached hydrogens (tertiary/aromatic N) is 1. The first-order valence-corrected chi connectivity index (χ1v) is 13.6. The summed E-state index contributed by atoms with van der Waals surface area (Å²) in [7, 11) is 6.61. The fourth-order valence-corrected chi connectivity index (χ4v) is 6.16. The van der Waals surface area contributed by atoms with Crippen LogP contribution in [-0.4, -0.2) is 70.1 Å². The minimum absolute atomic E-state index is 0.101. The van der Waals surface area contributed by atoms with Crippen LogP contribution in [0.4, 0.5) is 11.4 Å². The van der Waals surface area contributed by atoms with Crippen molar-refractivity contribution in [2.24, 2.45) is 11.8 Å². The number of hydrogen-bond donors (Lipinski definition) is 3. The number of phenolic OH excluding ortho intramolecular Hbond substituents is 1. The quantitative estimate of drug-likeness (QED) is 0.342. The number of hydrogen-bond acceptors (Lipinski definition) is 10. The molecule has 3 aliphatic rings. The lowest BCUT2D eigenvalue weighted by molar-refractivity contribution is -0.141. The highest BCUT2D eigenvalue weighted by atomic mass is 16.7. The number of rotatable bonds is 8. The van der Waals surface area contributed by atoms with E-state index in [0.717, 1.165) is 22.4 Å². The molecule has 1 fully saturated rings. The molecule has 2 heterocycles. The number of benzene rings is 3. The van der Waals surface area contributed by atoms with E-state index in [1.54, 1.807) is 17.0 Å². The summed E-state index contributed by atoms with van der Waals surface area (Å²) in [5, 5.41) is 17.1. The van der Waals surface area contributed by atoms with Gasteiger partial charge in [0.2, 0.25) is 18.4 Å². The van der Waals surface area contributed by atoms with E-state index in [4.69, 9.17) is 23.7 Å². The summed E-state index contributed by atoms with van der Waals surface area (Å²) in [5.74, 6) is 0.0172. The molecule has 1 saturated heterocycles. The van der Waals surface area contributed by atoms with Crippen molar-refractivity contribution >= 4 is 23.3 Å². The van der Waals surface area contributed by atoms with Gasteiger partial charge in [0.1, 0.15) is 0 Å². The standard InChI is InChI=1S/C31H33N3O8/c1-34(2)13-26(35)32-17-5-7-18(8-6-17)33-29-20-12-23-22(41-15-42-23)11-19(20)27(28-21(29)14-40-31(28)37)16-9-24(38-3)30(36)25(10-16)39-4/h5-12,21,27-29,33,36H,13-15H2,1-4H3,(H,32,35)/t21-,27+,28-,29+/m0/s1. The van der Waals surface area contributed by atoms with Crippen molar-refractivity contribution in [3.05, 3.63) is 65.2 Å². The molecule has 0 aromatic heterocycles. The van der Waals surface area contributed by atoms with Gasteiger partial charge in [0.15, 0.2) is 23.0 Å². The number of ether oxygens (including phenoxy) is 5. The maximum Gasteiger partial charge on any atom is 0.310 e. The Balaban J connectivity index is 1.41. The van der Waals surface area contributed by atoms with E-state index in [9.17, 15) is 14.7 Å². The molecule has 3 aromatic carbocycles. The van der Waals surface area contributed by atoms with Crippen LogP contribution >= 0.6 is 0 Å². The second kappa shape index (κ2) is 11.0. The maximum absolute atomic E-state index is 13.4. The summed E-state index contributed by atoms with van der Waals surface area (Å²) in [5.41, 5.74) is 4.07. The van der Waals surface area contributed by atoms with Gasteiger partial charge in [-0.25, -0.2) is 0 Å². The van der Waals surface area contributed by atoms with Crippen molar-refractivity contribution in [1.82, 2.24) is 4.90 Å². The molecular weight excluding hydrogens is 542 g/mol. The Morgan fingerprint density at radius 2 is 1.57 bits per heavy atom. The van der Waals surface area contributed by atoms with Crippen LogP contribution in [0.2, 0.25) is 0 Å². The zero-order valence-corrected chi connectivity index (χ0v) is 23.8. The number of amides is 1.